The van der Waals surface area contributed by atoms with Gasteiger partial charge in [0.15, 0.2) is 0 Å². The number of likely N-dealkylation sites (N-methyl/N-ethyl adjacent to an activating group) is 1. The standard InChI is InChI=1S/C10H22N2O2S/c1-8-7-11(5)9(10(2,3)4)12(8)15(6,13)14/h8-9H,7H2,1-6H3/t8-,9?/m0/s1. The third-order valence-corrected chi connectivity index (χ3v) is 4.13. The van der Waals surface area contributed by atoms with Crippen molar-refractivity contribution in [3.05, 3.63) is 0 Å². The molecular weight excluding hydrogens is 212 g/mol. The van der Waals surface area contributed by atoms with E-state index in [9.17, 15) is 8.42 Å². The molecular formula is C10H22N2O2S. The van der Waals surface area contributed by atoms with Crippen molar-refractivity contribution in [1.29, 1.82) is 0 Å². The first kappa shape index (κ1) is 12.9. The zero-order chi connectivity index (χ0) is 12.0. The van der Waals surface area contributed by atoms with Crippen LogP contribution in [0.3, 0.4) is 0 Å². The molecule has 1 aliphatic rings. The van der Waals surface area contributed by atoms with Crippen LogP contribution in [-0.4, -0.2) is 49.7 Å². The molecule has 2 atom stereocenters. The molecule has 0 aliphatic carbocycles. The molecule has 0 N–H and O–H groups in total. The van der Waals surface area contributed by atoms with Gasteiger partial charge in [0.1, 0.15) is 0 Å². The number of rotatable bonds is 1. The highest BCUT2D eigenvalue weighted by atomic mass is 32.2. The van der Waals surface area contributed by atoms with Crippen molar-refractivity contribution in [3.63, 3.8) is 0 Å². The fourth-order valence-corrected chi connectivity index (χ4v) is 4.14. The fraction of sp³-hybridized carbons (Fsp3) is 1.00. The van der Waals surface area contributed by atoms with E-state index in [0.29, 0.717) is 0 Å². The maximum Gasteiger partial charge on any atom is 0.212 e. The van der Waals surface area contributed by atoms with E-state index in [1.54, 1.807) is 4.31 Å². The molecule has 0 bridgehead atoms. The average Bonchev–Trinajstić information content (AvgIpc) is 2.22. The quantitative estimate of drug-likeness (QED) is 0.678. The predicted octanol–water partition coefficient (Wildman–Crippen LogP) is 0.954. The van der Waals surface area contributed by atoms with Crippen LogP contribution in [0.15, 0.2) is 0 Å². The molecule has 0 amide bonds. The second-order valence-corrected chi connectivity index (χ2v) is 7.51. The summed E-state index contributed by atoms with van der Waals surface area (Å²) in [6, 6.07) is 0.0641. The molecule has 1 unspecified atom stereocenters. The third-order valence-electron chi connectivity index (χ3n) is 2.80. The summed E-state index contributed by atoms with van der Waals surface area (Å²) in [6.45, 7) is 8.98. The molecule has 1 fully saturated rings. The summed E-state index contributed by atoms with van der Waals surface area (Å²) in [7, 11) is -1.14. The van der Waals surface area contributed by atoms with Gasteiger partial charge >= 0.3 is 0 Å². The van der Waals surface area contributed by atoms with Crippen LogP contribution in [0.25, 0.3) is 0 Å². The summed E-state index contributed by atoms with van der Waals surface area (Å²) in [5.74, 6) is 0. The maximum atomic E-state index is 11.7. The highest BCUT2D eigenvalue weighted by Crippen LogP contribution is 2.34. The van der Waals surface area contributed by atoms with Gasteiger partial charge in [0.2, 0.25) is 10.0 Å². The highest BCUT2D eigenvalue weighted by molar-refractivity contribution is 7.88. The smallest absolute Gasteiger partial charge is 0.212 e. The van der Waals surface area contributed by atoms with Gasteiger partial charge < -0.3 is 0 Å². The molecule has 0 aromatic heterocycles. The second kappa shape index (κ2) is 3.71. The molecule has 0 aromatic rings. The van der Waals surface area contributed by atoms with E-state index < -0.39 is 10.0 Å². The largest absolute Gasteiger partial charge is 0.288 e. The van der Waals surface area contributed by atoms with Gasteiger partial charge in [0, 0.05) is 12.6 Å². The predicted molar refractivity (Wildman–Crippen MR) is 62.0 cm³/mol. The van der Waals surface area contributed by atoms with E-state index in [0.717, 1.165) is 6.54 Å². The highest BCUT2D eigenvalue weighted by Gasteiger charge is 2.46. The van der Waals surface area contributed by atoms with Crippen LogP contribution in [0.1, 0.15) is 27.7 Å². The summed E-state index contributed by atoms with van der Waals surface area (Å²) in [5, 5.41) is 0. The van der Waals surface area contributed by atoms with Crippen molar-refractivity contribution >= 4 is 10.0 Å². The van der Waals surface area contributed by atoms with E-state index in [-0.39, 0.29) is 17.6 Å². The van der Waals surface area contributed by atoms with Crippen molar-refractivity contribution in [1.82, 2.24) is 9.21 Å². The second-order valence-electron chi connectivity index (χ2n) is 5.62. The lowest BCUT2D eigenvalue weighted by molar-refractivity contribution is 0.0977. The normalized spacial score (nSPS) is 31.1. The van der Waals surface area contributed by atoms with Gasteiger partial charge in [-0.1, -0.05) is 20.8 Å². The van der Waals surface area contributed by atoms with Crippen LogP contribution in [0.5, 0.6) is 0 Å². The number of nitrogens with zero attached hydrogens (tertiary/aromatic N) is 2. The third kappa shape index (κ3) is 2.52. The molecule has 1 rings (SSSR count). The van der Waals surface area contributed by atoms with Gasteiger partial charge in [0.25, 0.3) is 0 Å². The first-order valence-electron chi connectivity index (χ1n) is 5.24. The minimum atomic E-state index is -3.13. The van der Waals surface area contributed by atoms with Crippen molar-refractivity contribution < 1.29 is 8.42 Å². The SMILES string of the molecule is C[C@H]1CN(C)C(C(C)(C)C)N1S(C)(=O)=O. The molecule has 15 heavy (non-hydrogen) atoms. The Hall–Kier alpha value is -0.130. The monoisotopic (exact) mass is 234 g/mol. The maximum absolute atomic E-state index is 11.7. The first-order chi connectivity index (χ1) is 6.55. The molecule has 0 spiro atoms. The Bertz CT molecular complexity index is 332. The van der Waals surface area contributed by atoms with E-state index in [1.807, 2.05) is 14.0 Å². The summed E-state index contributed by atoms with van der Waals surface area (Å²) >= 11 is 0. The van der Waals surface area contributed by atoms with Crippen molar-refractivity contribution in [2.45, 2.75) is 39.9 Å². The van der Waals surface area contributed by atoms with Crippen molar-refractivity contribution in [2.75, 3.05) is 19.8 Å². The van der Waals surface area contributed by atoms with Gasteiger partial charge in [-0.15, -0.1) is 0 Å². The van der Waals surface area contributed by atoms with Crippen LogP contribution in [0.4, 0.5) is 0 Å². The number of sulfonamides is 1. The summed E-state index contributed by atoms with van der Waals surface area (Å²) in [6.07, 6.45) is 1.25. The van der Waals surface area contributed by atoms with Crippen LogP contribution >= 0.6 is 0 Å². The Labute approximate surface area is 93.3 Å². The molecule has 0 aromatic carbocycles. The van der Waals surface area contributed by atoms with E-state index >= 15 is 0 Å². The minimum absolute atomic E-state index is 0.0394. The zero-order valence-electron chi connectivity index (χ0n) is 10.5. The van der Waals surface area contributed by atoms with Crippen LogP contribution in [0.2, 0.25) is 0 Å². The Morgan fingerprint density at radius 1 is 1.27 bits per heavy atom. The lowest BCUT2D eigenvalue weighted by atomic mass is 9.92. The summed E-state index contributed by atoms with van der Waals surface area (Å²) < 4.78 is 25.1. The van der Waals surface area contributed by atoms with Gasteiger partial charge in [-0.3, -0.25) is 4.90 Å². The van der Waals surface area contributed by atoms with Gasteiger partial charge in [-0.25, -0.2) is 8.42 Å². The number of hydrogen-bond acceptors (Lipinski definition) is 3. The van der Waals surface area contributed by atoms with Crippen LogP contribution < -0.4 is 0 Å². The average molecular weight is 234 g/mol. The summed E-state index contributed by atoms with van der Waals surface area (Å²) in [5.41, 5.74) is -0.0669. The number of hydrogen-bond donors (Lipinski definition) is 0. The summed E-state index contributed by atoms with van der Waals surface area (Å²) in [4.78, 5) is 2.12. The van der Waals surface area contributed by atoms with Crippen LogP contribution in [-0.2, 0) is 10.0 Å². The van der Waals surface area contributed by atoms with Crippen LogP contribution in [0, 0.1) is 5.41 Å². The first-order valence-corrected chi connectivity index (χ1v) is 7.08. The van der Waals surface area contributed by atoms with Gasteiger partial charge in [-0.05, 0) is 19.4 Å². The molecule has 5 heteroatoms. The fourth-order valence-electron chi connectivity index (χ4n) is 2.58. The topological polar surface area (TPSA) is 40.6 Å². The molecule has 0 saturated carbocycles. The molecule has 1 aliphatic heterocycles. The van der Waals surface area contributed by atoms with E-state index in [1.165, 1.54) is 6.26 Å². The Morgan fingerprint density at radius 2 is 1.73 bits per heavy atom. The molecule has 1 saturated heterocycles. The lowest BCUT2D eigenvalue weighted by Crippen LogP contribution is -2.49. The minimum Gasteiger partial charge on any atom is -0.288 e. The lowest BCUT2D eigenvalue weighted by Gasteiger charge is -2.37. The van der Waals surface area contributed by atoms with E-state index in [2.05, 4.69) is 25.7 Å². The van der Waals surface area contributed by atoms with Crippen molar-refractivity contribution in [3.8, 4) is 0 Å². The molecule has 1 heterocycles. The van der Waals surface area contributed by atoms with Crippen molar-refractivity contribution in [2.24, 2.45) is 5.41 Å². The molecule has 90 valence electrons. The van der Waals surface area contributed by atoms with Gasteiger partial charge in [-0.2, -0.15) is 4.31 Å². The Morgan fingerprint density at radius 3 is 2.00 bits per heavy atom. The molecule has 0 radical (unpaired) electrons. The van der Waals surface area contributed by atoms with Gasteiger partial charge in [0.05, 0.1) is 12.4 Å². The Kier molecular flexibility index (Phi) is 3.20. The van der Waals surface area contributed by atoms with E-state index in [4.69, 9.17) is 0 Å². The Balaban J connectivity index is 3.12. The zero-order valence-corrected chi connectivity index (χ0v) is 11.3. The molecule has 4 nitrogen and oxygen atoms in total.